The Hall–Kier alpha value is -1.51. The molecule has 0 aliphatic heterocycles. The second-order valence-electron chi connectivity index (χ2n) is 4.76. The molecular weight excluding hydrogens is 305 g/mol. The number of hydrogen-bond donors (Lipinski definition) is 0. The van der Waals surface area contributed by atoms with Gasteiger partial charge >= 0.3 is 0 Å². The smallest absolute Gasteiger partial charge is 0.138 e. The molecule has 0 radical (unpaired) electrons. The van der Waals surface area contributed by atoms with Crippen LogP contribution in [-0.4, -0.2) is 12.3 Å². The SMILES string of the molecule is CC[C@H](C)Oc1ccc(C=Nc2ccc(Cl)cc2)cc1Cl. The highest BCUT2D eigenvalue weighted by molar-refractivity contribution is 6.32. The maximum atomic E-state index is 6.23. The van der Waals surface area contributed by atoms with Gasteiger partial charge in [0.05, 0.1) is 16.8 Å². The van der Waals surface area contributed by atoms with Crippen molar-refractivity contribution in [2.75, 3.05) is 0 Å². The van der Waals surface area contributed by atoms with Crippen LogP contribution in [0.2, 0.25) is 10.0 Å². The molecule has 0 amide bonds. The minimum atomic E-state index is 0.149. The summed E-state index contributed by atoms with van der Waals surface area (Å²) in [5.74, 6) is 0.703. The number of aliphatic imine (C=N–C) groups is 1. The quantitative estimate of drug-likeness (QED) is 0.626. The standard InChI is InChI=1S/C17H17Cl2NO/c1-3-12(2)21-17-9-4-13(10-16(17)19)11-20-15-7-5-14(18)6-8-15/h4-12H,3H2,1-2H3/t12-/m0/s1. The van der Waals surface area contributed by atoms with E-state index in [1.165, 1.54) is 0 Å². The fourth-order valence-electron chi connectivity index (χ4n) is 1.67. The van der Waals surface area contributed by atoms with Crippen LogP contribution in [0.1, 0.15) is 25.8 Å². The molecule has 2 rings (SSSR count). The monoisotopic (exact) mass is 321 g/mol. The van der Waals surface area contributed by atoms with Crippen molar-refractivity contribution in [3.05, 3.63) is 58.1 Å². The fraction of sp³-hybridized carbons (Fsp3) is 0.235. The second-order valence-corrected chi connectivity index (χ2v) is 5.60. The summed E-state index contributed by atoms with van der Waals surface area (Å²) < 4.78 is 5.73. The molecule has 0 aliphatic carbocycles. The van der Waals surface area contributed by atoms with Crippen molar-refractivity contribution in [1.29, 1.82) is 0 Å². The summed E-state index contributed by atoms with van der Waals surface area (Å²) in [6.07, 6.45) is 2.86. The van der Waals surface area contributed by atoms with Crippen molar-refractivity contribution in [3.63, 3.8) is 0 Å². The predicted octanol–water partition coefficient (Wildman–Crippen LogP) is 5.92. The first-order chi connectivity index (χ1) is 10.1. The lowest BCUT2D eigenvalue weighted by Gasteiger charge is -2.13. The number of hydrogen-bond acceptors (Lipinski definition) is 2. The van der Waals surface area contributed by atoms with Gasteiger partial charge in [0.15, 0.2) is 0 Å². The third kappa shape index (κ3) is 4.76. The zero-order valence-corrected chi connectivity index (χ0v) is 13.5. The lowest BCUT2D eigenvalue weighted by molar-refractivity contribution is 0.217. The van der Waals surface area contributed by atoms with Crippen LogP contribution in [0, 0.1) is 0 Å². The van der Waals surface area contributed by atoms with Crippen LogP contribution in [0.4, 0.5) is 5.69 Å². The molecule has 0 aliphatic rings. The molecule has 0 unspecified atom stereocenters. The normalized spacial score (nSPS) is 12.6. The van der Waals surface area contributed by atoms with Gasteiger partial charge in [0.25, 0.3) is 0 Å². The van der Waals surface area contributed by atoms with Gasteiger partial charge in [-0.05, 0) is 61.4 Å². The average molecular weight is 322 g/mol. The molecule has 0 saturated carbocycles. The van der Waals surface area contributed by atoms with Gasteiger partial charge < -0.3 is 4.74 Å². The van der Waals surface area contributed by atoms with Crippen molar-refractivity contribution in [2.45, 2.75) is 26.4 Å². The molecule has 0 saturated heterocycles. The molecule has 110 valence electrons. The minimum absolute atomic E-state index is 0.149. The Balaban J connectivity index is 2.11. The molecule has 1 atom stereocenters. The molecule has 2 aromatic carbocycles. The van der Waals surface area contributed by atoms with Crippen LogP contribution in [0.15, 0.2) is 47.5 Å². The van der Waals surface area contributed by atoms with Crippen LogP contribution in [0.25, 0.3) is 0 Å². The maximum Gasteiger partial charge on any atom is 0.138 e. The molecule has 4 heteroatoms. The molecule has 0 spiro atoms. The van der Waals surface area contributed by atoms with E-state index in [1.54, 1.807) is 6.21 Å². The van der Waals surface area contributed by atoms with Crippen molar-refractivity contribution < 1.29 is 4.74 Å². The van der Waals surface area contributed by atoms with E-state index in [0.29, 0.717) is 15.8 Å². The molecule has 0 fully saturated rings. The van der Waals surface area contributed by atoms with Gasteiger partial charge in [-0.3, -0.25) is 4.99 Å². The molecule has 0 aromatic heterocycles. The topological polar surface area (TPSA) is 21.6 Å². The Bertz CT molecular complexity index is 623. The maximum absolute atomic E-state index is 6.23. The van der Waals surface area contributed by atoms with Gasteiger partial charge in [0.1, 0.15) is 5.75 Å². The highest BCUT2D eigenvalue weighted by Gasteiger charge is 2.06. The molecule has 21 heavy (non-hydrogen) atoms. The van der Waals surface area contributed by atoms with E-state index in [0.717, 1.165) is 17.7 Å². The summed E-state index contributed by atoms with van der Waals surface area (Å²) in [5, 5.41) is 1.29. The second kappa shape index (κ2) is 7.48. The van der Waals surface area contributed by atoms with Crippen LogP contribution < -0.4 is 4.74 Å². The van der Waals surface area contributed by atoms with E-state index in [2.05, 4.69) is 11.9 Å². The summed E-state index contributed by atoms with van der Waals surface area (Å²) in [5.41, 5.74) is 1.77. The Labute approximate surface area is 135 Å². The summed E-state index contributed by atoms with van der Waals surface area (Å²) in [6.45, 7) is 4.10. The molecule has 2 nitrogen and oxygen atoms in total. The number of halogens is 2. The van der Waals surface area contributed by atoms with Crippen LogP contribution in [0.3, 0.4) is 0 Å². The number of benzene rings is 2. The summed E-state index contributed by atoms with van der Waals surface area (Å²) in [6, 6.07) is 13.0. The molecule has 0 N–H and O–H groups in total. The van der Waals surface area contributed by atoms with Crippen LogP contribution in [0.5, 0.6) is 5.75 Å². The first-order valence-corrected chi connectivity index (χ1v) is 7.60. The van der Waals surface area contributed by atoms with Gasteiger partial charge in [-0.2, -0.15) is 0 Å². The van der Waals surface area contributed by atoms with E-state index in [1.807, 2.05) is 49.4 Å². The highest BCUT2D eigenvalue weighted by atomic mass is 35.5. The van der Waals surface area contributed by atoms with Crippen LogP contribution in [-0.2, 0) is 0 Å². The Morgan fingerprint density at radius 2 is 1.86 bits per heavy atom. The summed E-state index contributed by atoms with van der Waals surface area (Å²) >= 11 is 12.1. The Morgan fingerprint density at radius 1 is 1.14 bits per heavy atom. The van der Waals surface area contributed by atoms with Gasteiger partial charge in [0, 0.05) is 11.2 Å². The Morgan fingerprint density at radius 3 is 2.48 bits per heavy atom. The third-order valence-corrected chi connectivity index (χ3v) is 3.60. The lowest BCUT2D eigenvalue weighted by Crippen LogP contribution is -2.09. The Kier molecular flexibility index (Phi) is 5.66. The minimum Gasteiger partial charge on any atom is -0.489 e. The average Bonchev–Trinajstić information content (AvgIpc) is 2.49. The highest BCUT2D eigenvalue weighted by Crippen LogP contribution is 2.26. The van der Waals surface area contributed by atoms with E-state index >= 15 is 0 Å². The lowest BCUT2D eigenvalue weighted by atomic mass is 10.2. The van der Waals surface area contributed by atoms with Crippen molar-refractivity contribution in [1.82, 2.24) is 0 Å². The predicted molar refractivity (Wildman–Crippen MR) is 90.5 cm³/mol. The van der Waals surface area contributed by atoms with Crippen LogP contribution >= 0.6 is 23.2 Å². The molecular formula is C17H17Cl2NO. The third-order valence-electron chi connectivity index (χ3n) is 3.05. The molecule has 2 aromatic rings. The number of nitrogens with zero attached hydrogens (tertiary/aromatic N) is 1. The molecule has 0 heterocycles. The van der Waals surface area contributed by atoms with Crippen molar-refractivity contribution in [2.24, 2.45) is 4.99 Å². The van der Waals surface area contributed by atoms with Gasteiger partial charge in [-0.1, -0.05) is 30.1 Å². The largest absolute Gasteiger partial charge is 0.489 e. The summed E-state index contributed by atoms with van der Waals surface area (Å²) in [7, 11) is 0. The van der Waals surface area contributed by atoms with E-state index in [-0.39, 0.29) is 6.10 Å². The number of rotatable bonds is 5. The first-order valence-electron chi connectivity index (χ1n) is 6.84. The number of ether oxygens (including phenoxy) is 1. The molecule has 0 bridgehead atoms. The zero-order chi connectivity index (χ0) is 15.2. The first kappa shape index (κ1) is 15.9. The van der Waals surface area contributed by atoms with E-state index in [9.17, 15) is 0 Å². The zero-order valence-electron chi connectivity index (χ0n) is 12.0. The van der Waals surface area contributed by atoms with Gasteiger partial charge in [0.2, 0.25) is 0 Å². The fourth-order valence-corrected chi connectivity index (χ4v) is 2.03. The van der Waals surface area contributed by atoms with Gasteiger partial charge in [-0.15, -0.1) is 0 Å². The summed E-state index contributed by atoms with van der Waals surface area (Å²) in [4.78, 5) is 4.38. The van der Waals surface area contributed by atoms with Crippen molar-refractivity contribution >= 4 is 35.1 Å². The van der Waals surface area contributed by atoms with E-state index < -0.39 is 0 Å². The van der Waals surface area contributed by atoms with Crippen molar-refractivity contribution in [3.8, 4) is 5.75 Å². The van der Waals surface area contributed by atoms with Gasteiger partial charge in [-0.25, -0.2) is 0 Å². The van der Waals surface area contributed by atoms with E-state index in [4.69, 9.17) is 27.9 Å².